The van der Waals surface area contributed by atoms with E-state index in [9.17, 15) is 0 Å². The first-order valence-corrected chi connectivity index (χ1v) is 8.33. The number of halogens is 1. The molecule has 3 heterocycles. The van der Waals surface area contributed by atoms with Gasteiger partial charge in [-0.25, -0.2) is 9.97 Å². The van der Waals surface area contributed by atoms with E-state index >= 15 is 0 Å². The van der Waals surface area contributed by atoms with Crippen LogP contribution in [0.2, 0.25) is 0 Å². The molecule has 0 aliphatic rings. The van der Waals surface area contributed by atoms with Crippen molar-refractivity contribution < 1.29 is 0 Å². The summed E-state index contributed by atoms with van der Waals surface area (Å²) in [7, 11) is 2.08. The highest BCUT2D eigenvalue weighted by atomic mass is 79.9. The van der Waals surface area contributed by atoms with Crippen molar-refractivity contribution in [1.29, 1.82) is 0 Å². The van der Waals surface area contributed by atoms with Gasteiger partial charge in [-0.3, -0.25) is 0 Å². The number of hydrogen-bond acceptors (Lipinski definition) is 4. The molecule has 0 saturated heterocycles. The van der Waals surface area contributed by atoms with Gasteiger partial charge in [0.1, 0.15) is 5.65 Å². The first kappa shape index (κ1) is 13.6. The number of anilines is 1. The summed E-state index contributed by atoms with van der Waals surface area (Å²) in [4.78, 5) is 12.5. The molecule has 4 nitrogen and oxygen atoms in total. The highest BCUT2D eigenvalue weighted by Crippen LogP contribution is 2.25. The Morgan fingerprint density at radius 3 is 2.95 bits per heavy atom. The summed E-state index contributed by atoms with van der Waals surface area (Å²) in [6.07, 6.45) is 2.05. The van der Waals surface area contributed by atoms with Gasteiger partial charge < -0.3 is 9.30 Å². The molecule has 20 heavy (non-hydrogen) atoms. The van der Waals surface area contributed by atoms with Gasteiger partial charge in [-0.2, -0.15) is 0 Å². The zero-order valence-electron chi connectivity index (χ0n) is 11.4. The van der Waals surface area contributed by atoms with Crippen LogP contribution in [0, 0.1) is 6.92 Å². The lowest BCUT2D eigenvalue weighted by molar-refractivity contribution is 0.898. The standard InChI is InChI=1S/C14H15BrN4S/c1-10-12(20-9-16-10)8-18(2)14-11(7-15)19-6-4-3-5-13(19)17-14/h3-6,9H,7-8H2,1-2H3. The number of imidazole rings is 1. The number of aryl methyl sites for hydroxylation is 1. The lowest BCUT2D eigenvalue weighted by atomic mass is 10.3. The second-order valence-corrected chi connectivity index (χ2v) is 6.16. The molecule has 0 fully saturated rings. The fraction of sp³-hybridized carbons (Fsp3) is 0.286. The predicted molar refractivity (Wildman–Crippen MR) is 86.8 cm³/mol. The second kappa shape index (κ2) is 5.54. The Morgan fingerprint density at radius 2 is 2.25 bits per heavy atom. The molecule has 6 heteroatoms. The number of alkyl halides is 1. The molecule has 104 valence electrons. The van der Waals surface area contributed by atoms with E-state index in [-0.39, 0.29) is 0 Å². The van der Waals surface area contributed by atoms with Gasteiger partial charge in [0.05, 0.1) is 23.4 Å². The Morgan fingerprint density at radius 1 is 1.40 bits per heavy atom. The van der Waals surface area contributed by atoms with Crippen LogP contribution in [0.25, 0.3) is 5.65 Å². The number of rotatable bonds is 4. The maximum atomic E-state index is 4.74. The van der Waals surface area contributed by atoms with Crippen LogP contribution in [0.4, 0.5) is 5.82 Å². The number of nitrogens with zero attached hydrogens (tertiary/aromatic N) is 4. The van der Waals surface area contributed by atoms with E-state index in [4.69, 9.17) is 4.98 Å². The molecular formula is C14H15BrN4S. The molecule has 0 aliphatic heterocycles. The van der Waals surface area contributed by atoms with Gasteiger partial charge in [0.15, 0.2) is 5.82 Å². The van der Waals surface area contributed by atoms with Crippen LogP contribution < -0.4 is 4.90 Å². The summed E-state index contributed by atoms with van der Waals surface area (Å²) in [5, 5.41) is 0.777. The van der Waals surface area contributed by atoms with Crippen LogP contribution in [0.5, 0.6) is 0 Å². The lowest BCUT2D eigenvalue weighted by Crippen LogP contribution is -2.18. The largest absolute Gasteiger partial charge is 0.353 e. The van der Waals surface area contributed by atoms with Crippen molar-refractivity contribution in [3.63, 3.8) is 0 Å². The molecule has 3 aromatic rings. The van der Waals surface area contributed by atoms with Gasteiger partial charge >= 0.3 is 0 Å². The predicted octanol–water partition coefficient (Wildman–Crippen LogP) is 3.63. The summed E-state index contributed by atoms with van der Waals surface area (Å²) in [6, 6.07) is 6.07. The third-order valence-corrected chi connectivity index (χ3v) is 4.77. The van der Waals surface area contributed by atoms with Gasteiger partial charge in [0, 0.05) is 23.5 Å². The third kappa shape index (κ3) is 2.33. The van der Waals surface area contributed by atoms with Gasteiger partial charge in [-0.1, -0.05) is 22.0 Å². The van der Waals surface area contributed by atoms with Gasteiger partial charge in [-0.15, -0.1) is 11.3 Å². The van der Waals surface area contributed by atoms with Crippen LogP contribution >= 0.6 is 27.3 Å². The first-order chi connectivity index (χ1) is 9.70. The van der Waals surface area contributed by atoms with Crippen molar-refractivity contribution in [2.75, 3.05) is 11.9 Å². The molecule has 0 radical (unpaired) electrons. The maximum absolute atomic E-state index is 4.74. The average Bonchev–Trinajstić information content (AvgIpc) is 3.02. The molecular weight excluding hydrogens is 336 g/mol. The van der Waals surface area contributed by atoms with E-state index in [2.05, 4.69) is 44.2 Å². The Kier molecular flexibility index (Phi) is 3.76. The summed E-state index contributed by atoms with van der Waals surface area (Å²) in [5.41, 5.74) is 5.15. The van der Waals surface area contributed by atoms with Crippen molar-refractivity contribution in [1.82, 2.24) is 14.4 Å². The second-order valence-electron chi connectivity index (χ2n) is 4.66. The molecule has 0 bridgehead atoms. The Hall–Kier alpha value is -1.40. The molecule has 0 atom stereocenters. The minimum absolute atomic E-state index is 0.777. The Balaban J connectivity index is 1.98. The Bertz CT molecular complexity index is 734. The molecule has 0 N–H and O–H groups in total. The molecule has 0 saturated carbocycles. The van der Waals surface area contributed by atoms with E-state index < -0.39 is 0 Å². The van der Waals surface area contributed by atoms with Gasteiger partial charge in [0.25, 0.3) is 0 Å². The summed E-state index contributed by atoms with van der Waals surface area (Å²) in [6.45, 7) is 2.88. The smallest absolute Gasteiger partial charge is 0.152 e. The van der Waals surface area contributed by atoms with E-state index in [0.717, 1.165) is 29.0 Å². The van der Waals surface area contributed by atoms with E-state index in [1.807, 2.05) is 29.9 Å². The molecule has 0 unspecified atom stereocenters. The fourth-order valence-corrected chi connectivity index (χ4v) is 3.58. The molecule has 0 spiro atoms. The lowest BCUT2D eigenvalue weighted by Gasteiger charge is -2.17. The number of aromatic nitrogens is 3. The summed E-state index contributed by atoms with van der Waals surface area (Å²) < 4.78 is 2.13. The molecule has 0 amide bonds. The quantitative estimate of drug-likeness (QED) is 0.673. The molecule has 3 rings (SSSR count). The van der Waals surface area contributed by atoms with Crippen molar-refractivity contribution in [2.24, 2.45) is 0 Å². The van der Waals surface area contributed by atoms with Crippen LogP contribution in [-0.4, -0.2) is 21.4 Å². The van der Waals surface area contributed by atoms with Crippen LogP contribution in [0.1, 0.15) is 16.3 Å². The van der Waals surface area contributed by atoms with Crippen molar-refractivity contribution in [3.05, 3.63) is 46.2 Å². The SMILES string of the molecule is Cc1ncsc1CN(C)c1nc2ccccn2c1CBr. The molecule has 0 aliphatic carbocycles. The van der Waals surface area contributed by atoms with Crippen molar-refractivity contribution in [3.8, 4) is 0 Å². The number of pyridine rings is 1. The summed E-state index contributed by atoms with van der Waals surface area (Å²) in [5.74, 6) is 1.01. The first-order valence-electron chi connectivity index (χ1n) is 6.32. The fourth-order valence-electron chi connectivity index (χ4n) is 2.23. The van der Waals surface area contributed by atoms with E-state index in [1.54, 1.807) is 11.3 Å². The molecule has 3 aromatic heterocycles. The monoisotopic (exact) mass is 350 g/mol. The number of fused-ring (bicyclic) bond motifs is 1. The van der Waals surface area contributed by atoms with Gasteiger partial charge in [0.2, 0.25) is 0 Å². The number of hydrogen-bond donors (Lipinski definition) is 0. The minimum atomic E-state index is 0.777. The van der Waals surface area contributed by atoms with E-state index in [0.29, 0.717) is 0 Å². The third-order valence-electron chi connectivity index (χ3n) is 3.32. The van der Waals surface area contributed by atoms with Crippen LogP contribution in [-0.2, 0) is 11.9 Å². The Labute approximate surface area is 130 Å². The van der Waals surface area contributed by atoms with Crippen LogP contribution in [0.3, 0.4) is 0 Å². The topological polar surface area (TPSA) is 33.4 Å². The minimum Gasteiger partial charge on any atom is -0.353 e. The zero-order valence-corrected chi connectivity index (χ0v) is 13.8. The zero-order chi connectivity index (χ0) is 14.1. The van der Waals surface area contributed by atoms with Crippen molar-refractivity contribution in [2.45, 2.75) is 18.8 Å². The summed E-state index contributed by atoms with van der Waals surface area (Å²) >= 11 is 5.27. The molecule has 0 aromatic carbocycles. The van der Waals surface area contributed by atoms with E-state index in [1.165, 1.54) is 10.6 Å². The number of thiazole rings is 1. The normalized spacial score (nSPS) is 11.2. The van der Waals surface area contributed by atoms with Crippen molar-refractivity contribution >= 4 is 38.7 Å². The van der Waals surface area contributed by atoms with Gasteiger partial charge in [-0.05, 0) is 19.1 Å². The maximum Gasteiger partial charge on any atom is 0.152 e. The highest BCUT2D eigenvalue weighted by molar-refractivity contribution is 9.08. The average molecular weight is 351 g/mol. The highest BCUT2D eigenvalue weighted by Gasteiger charge is 2.16. The van der Waals surface area contributed by atoms with Crippen LogP contribution in [0.15, 0.2) is 29.9 Å².